The molecule has 9 heteroatoms. The van der Waals surface area contributed by atoms with E-state index < -0.39 is 11.6 Å². The first-order valence-corrected chi connectivity index (χ1v) is 6.08. The third-order valence-electron chi connectivity index (χ3n) is 3.14. The second kappa shape index (κ2) is 3.73. The van der Waals surface area contributed by atoms with Crippen LogP contribution in [0.2, 0.25) is 0 Å². The molecule has 0 bridgehead atoms. The molecule has 1 aromatic heterocycles. The fraction of sp³-hybridized carbons (Fsp3) is 0.444. The Morgan fingerprint density at radius 2 is 2.33 bits per heavy atom. The normalized spacial score (nSPS) is 26.6. The maximum atomic E-state index is 12.0. The Morgan fingerprint density at radius 1 is 1.50 bits per heavy atom. The van der Waals surface area contributed by atoms with E-state index in [9.17, 15) is 14.4 Å². The first-order chi connectivity index (χ1) is 8.61. The highest BCUT2D eigenvalue weighted by Crippen LogP contribution is 2.26. The van der Waals surface area contributed by atoms with Gasteiger partial charge < -0.3 is 10.2 Å². The Bertz CT molecular complexity index is 530. The molecule has 0 saturated carbocycles. The van der Waals surface area contributed by atoms with Gasteiger partial charge in [-0.3, -0.25) is 14.9 Å². The number of urea groups is 1. The van der Waals surface area contributed by atoms with Gasteiger partial charge in [0.1, 0.15) is 10.4 Å². The van der Waals surface area contributed by atoms with Crippen LogP contribution in [0.4, 0.5) is 4.79 Å². The summed E-state index contributed by atoms with van der Waals surface area (Å²) in [7, 11) is 0. The van der Waals surface area contributed by atoms with Gasteiger partial charge in [-0.1, -0.05) is 4.49 Å². The van der Waals surface area contributed by atoms with Crippen LogP contribution in [-0.2, 0) is 4.79 Å². The van der Waals surface area contributed by atoms with Crippen LogP contribution in [0.15, 0.2) is 6.20 Å². The fourth-order valence-corrected chi connectivity index (χ4v) is 2.70. The summed E-state index contributed by atoms with van der Waals surface area (Å²) in [6, 6.07) is -0.506. The summed E-state index contributed by atoms with van der Waals surface area (Å²) in [5.41, 5.74) is -0.967. The molecule has 0 radical (unpaired) electrons. The van der Waals surface area contributed by atoms with Crippen LogP contribution in [0.3, 0.4) is 0 Å². The summed E-state index contributed by atoms with van der Waals surface area (Å²) in [4.78, 5) is 36.9. The van der Waals surface area contributed by atoms with Crippen LogP contribution in [-0.4, -0.2) is 51.0 Å². The van der Waals surface area contributed by atoms with E-state index in [1.807, 2.05) is 0 Å². The van der Waals surface area contributed by atoms with Crippen molar-refractivity contribution in [1.82, 2.24) is 25.1 Å². The van der Waals surface area contributed by atoms with Gasteiger partial charge in [-0.05, 0) is 18.0 Å². The summed E-state index contributed by atoms with van der Waals surface area (Å²) in [5, 5.41) is 8.39. The smallest absolute Gasteiger partial charge is 0.322 e. The van der Waals surface area contributed by atoms with Gasteiger partial charge in [0.25, 0.3) is 11.8 Å². The number of hydrogen-bond donors (Lipinski definition) is 2. The van der Waals surface area contributed by atoms with E-state index in [2.05, 4.69) is 20.2 Å². The fourth-order valence-electron chi connectivity index (χ4n) is 2.22. The molecule has 0 aliphatic carbocycles. The molecule has 18 heavy (non-hydrogen) atoms. The minimum absolute atomic E-state index is 0.182. The van der Waals surface area contributed by atoms with Gasteiger partial charge >= 0.3 is 6.03 Å². The van der Waals surface area contributed by atoms with Crippen molar-refractivity contribution in [3.8, 4) is 0 Å². The van der Waals surface area contributed by atoms with Gasteiger partial charge in [-0.25, -0.2) is 4.79 Å². The Morgan fingerprint density at radius 3 is 2.94 bits per heavy atom. The molecule has 3 heterocycles. The largest absolute Gasteiger partial charge is 0.335 e. The molecule has 2 N–H and O–H groups in total. The monoisotopic (exact) mass is 267 g/mol. The zero-order chi connectivity index (χ0) is 12.8. The van der Waals surface area contributed by atoms with Gasteiger partial charge in [0.15, 0.2) is 0 Å². The third-order valence-corrected chi connectivity index (χ3v) is 3.80. The second-order valence-corrected chi connectivity index (χ2v) is 5.03. The van der Waals surface area contributed by atoms with Crippen molar-refractivity contribution in [1.29, 1.82) is 0 Å². The Balaban J connectivity index is 1.78. The van der Waals surface area contributed by atoms with Crippen molar-refractivity contribution in [2.45, 2.75) is 12.0 Å². The highest BCUT2D eigenvalue weighted by atomic mass is 32.1. The molecule has 1 unspecified atom stereocenters. The van der Waals surface area contributed by atoms with Gasteiger partial charge in [-0.15, -0.1) is 5.10 Å². The second-order valence-electron chi connectivity index (χ2n) is 4.25. The number of rotatable bonds is 1. The summed E-state index contributed by atoms with van der Waals surface area (Å²) in [5.74, 6) is -0.582. The molecular formula is C9H9N5O3S. The van der Waals surface area contributed by atoms with E-state index >= 15 is 0 Å². The van der Waals surface area contributed by atoms with Crippen molar-refractivity contribution >= 4 is 29.4 Å². The lowest BCUT2D eigenvalue weighted by atomic mass is 10.00. The van der Waals surface area contributed by atoms with E-state index in [-0.39, 0.29) is 18.4 Å². The van der Waals surface area contributed by atoms with E-state index in [0.29, 0.717) is 17.8 Å². The molecule has 1 atom stereocenters. The number of nitrogens with zero attached hydrogens (tertiary/aromatic N) is 3. The van der Waals surface area contributed by atoms with E-state index in [0.717, 1.165) is 11.5 Å². The standard InChI is InChI=1S/C9H9N5O3S/c15-6(5-3-10-13-18-5)14-2-1-9(4-14)7(16)11-8(17)12-9/h3H,1-2,4H2,(H2,11,12,16,17). The number of aromatic nitrogens is 2. The van der Waals surface area contributed by atoms with Gasteiger partial charge in [0.2, 0.25) is 0 Å². The number of carbonyl (C=O) groups excluding carboxylic acids is 3. The number of amides is 4. The predicted octanol–water partition coefficient (Wildman–Crippen LogP) is -1.04. The summed E-state index contributed by atoms with van der Waals surface area (Å²) in [6.45, 7) is 0.603. The van der Waals surface area contributed by atoms with Crippen LogP contribution < -0.4 is 10.6 Å². The zero-order valence-electron chi connectivity index (χ0n) is 9.17. The molecular weight excluding hydrogens is 258 g/mol. The molecule has 2 aliphatic rings. The maximum Gasteiger partial charge on any atom is 0.322 e. The van der Waals surface area contributed by atoms with Crippen LogP contribution in [0, 0.1) is 0 Å². The molecule has 2 fully saturated rings. The predicted molar refractivity (Wildman–Crippen MR) is 59.8 cm³/mol. The molecule has 1 aromatic rings. The number of nitrogens with one attached hydrogen (secondary N) is 2. The van der Waals surface area contributed by atoms with E-state index in [1.165, 1.54) is 11.1 Å². The minimum atomic E-state index is -0.967. The van der Waals surface area contributed by atoms with Gasteiger partial charge in [0, 0.05) is 6.54 Å². The van der Waals surface area contributed by atoms with Crippen LogP contribution in [0.1, 0.15) is 16.1 Å². The van der Waals surface area contributed by atoms with Crippen LogP contribution >= 0.6 is 11.5 Å². The molecule has 2 saturated heterocycles. The van der Waals surface area contributed by atoms with E-state index in [4.69, 9.17) is 0 Å². The van der Waals surface area contributed by atoms with Crippen molar-refractivity contribution in [2.75, 3.05) is 13.1 Å². The quantitative estimate of drug-likeness (QED) is 0.633. The lowest BCUT2D eigenvalue weighted by Crippen LogP contribution is -2.49. The van der Waals surface area contributed by atoms with Crippen molar-refractivity contribution in [3.05, 3.63) is 11.1 Å². The summed E-state index contributed by atoms with van der Waals surface area (Å²) < 4.78 is 3.63. The molecule has 3 rings (SSSR count). The molecule has 0 aromatic carbocycles. The van der Waals surface area contributed by atoms with Crippen molar-refractivity contribution < 1.29 is 14.4 Å². The Kier molecular flexibility index (Phi) is 2.30. The summed E-state index contributed by atoms with van der Waals surface area (Å²) >= 11 is 1.01. The summed E-state index contributed by atoms with van der Waals surface area (Å²) in [6.07, 6.45) is 1.81. The minimum Gasteiger partial charge on any atom is -0.335 e. The molecule has 1 spiro atoms. The average molecular weight is 267 g/mol. The van der Waals surface area contributed by atoms with Crippen molar-refractivity contribution in [3.63, 3.8) is 0 Å². The molecule has 8 nitrogen and oxygen atoms in total. The Hall–Kier alpha value is -2.03. The average Bonchev–Trinajstić information content (AvgIpc) is 3.01. The maximum absolute atomic E-state index is 12.0. The molecule has 4 amide bonds. The molecule has 2 aliphatic heterocycles. The van der Waals surface area contributed by atoms with Crippen molar-refractivity contribution in [2.24, 2.45) is 0 Å². The number of likely N-dealkylation sites (tertiary alicyclic amines) is 1. The SMILES string of the molecule is O=C1NC(=O)C2(CCN(C(=O)c3cnns3)C2)N1. The Labute approximate surface area is 106 Å². The highest BCUT2D eigenvalue weighted by Gasteiger charge is 2.51. The third kappa shape index (κ3) is 1.55. The first-order valence-electron chi connectivity index (χ1n) is 5.31. The van der Waals surface area contributed by atoms with Crippen LogP contribution in [0.25, 0.3) is 0 Å². The van der Waals surface area contributed by atoms with Gasteiger partial charge in [0.05, 0.1) is 12.7 Å². The van der Waals surface area contributed by atoms with Crippen LogP contribution in [0.5, 0.6) is 0 Å². The number of imide groups is 1. The topological polar surface area (TPSA) is 104 Å². The lowest BCUT2D eigenvalue weighted by Gasteiger charge is -2.20. The number of hydrogen-bond acceptors (Lipinski definition) is 6. The highest BCUT2D eigenvalue weighted by molar-refractivity contribution is 7.07. The lowest BCUT2D eigenvalue weighted by molar-refractivity contribution is -0.123. The van der Waals surface area contributed by atoms with Gasteiger partial charge in [-0.2, -0.15) is 0 Å². The first kappa shape index (κ1) is 11.1. The van der Waals surface area contributed by atoms with E-state index in [1.54, 1.807) is 0 Å². The zero-order valence-corrected chi connectivity index (χ0v) is 9.99. The molecule has 94 valence electrons. The number of carbonyl (C=O) groups is 3.